The number of nitrogens with one attached hydrogen (secondary N) is 2. The number of amidine groups is 1. The fourth-order valence-corrected chi connectivity index (χ4v) is 1.71. The van der Waals surface area contributed by atoms with E-state index in [4.69, 9.17) is 5.11 Å². The fraction of sp³-hybridized carbons (Fsp3) is 0.200. The summed E-state index contributed by atoms with van der Waals surface area (Å²) in [6.07, 6.45) is 4.59. The molecule has 0 aromatic heterocycles. The van der Waals surface area contributed by atoms with Crippen molar-refractivity contribution in [3.8, 4) is 0 Å². The highest BCUT2D eigenvalue weighted by Gasteiger charge is 2.45. The lowest BCUT2D eigenvalue weighted by atomic mass is 9.87. The van der Waals surface area contributed by atoms with Crippen molar-refractivity contribution in [3.63, 3.8) is 0 Å². The van der Waals surface area contributed by atoms with E-state index in [1.54, 1.807) is 0 Å². The molecule has 7 heteroatoms. The summed E-state index contributed by atoms with van der Waals surface area (Å²) in [5.74, 6) is -1.62. The normalized spacial score (nSPS) is 26.7. The Morgan fingerprint density at radius 2 is 2.35 bits per heavy atom. The Morgan fingerprint density at radius 3 is 2.88 bits per heavy atom. The second kappa shape index (κ2) is 3.85. The smallest absolute Gasteiger partial charge is 0.334 e. The van der Waals surface area contributed by atoms with Gasteiger partial charge in [-0.1, -0.05) is 0 Å². The first-order valence-corrected chi connectivity index (χ1v) is 4.79. The number of hydrogen-bond donors (Lipinski definition) is 3. The van der Waals surface area contributed by atoms with Gasteiger partial charge in [0.2, 0.25) is 5.91 Å². The molecule has 7 nitrogen and oxygen atoms in total. The molecule has 0 bridgehead atoms. The number of nitrogens with zero attached hydrogens (tertiary/aromatic N) is 1. The number of aldehydes is 1. The summed E-state index contributed by atoms with van der Waals surface area (Å²) in [6, 6.07) is 0. The number of carboxylic acid groups (broad SMARTS) is 1. The average molecular weight is 235 g/mol. The molecule has 0 radical (unpaired) electrons. The van der Waals surface area contributed by atoms with Crippen LogP contribution in [0.4, 0.5) is 0 Å². The monoisotopic (exact) mass is 235 g/mol. The molecule has 1 atom stereocenters. The molecular formula is C10H9N3O4. The lowest BCUT2D eigenvalue weighted by Gasteiger charge is -2.30. The van der Waals surface area contributed by atoms with Gasteiger partial charge in [-0.05, 0) is 18.4 Å². The summed E-state index contributed by atoms with van der Waals surface area (Å²) in [4.78, 5) is 37.3. The van der Waals surface area contributed by atoms with Gasteiger partial charge < -0.3 is 15.7 Å². The summed E-state index contributed by atoms with van der Waals surface area (Å²) in [7, 11) is 0. The quantitative estimate of drug-likeness (QED) is 0.520. The number of allylic oxidation sites excluding steroid dienone is 2. The number of carbonyl (C=O) groups excluding carboxylic acids is 2. The number of carbonyl (C=O) groups is 3. The van der Waals surface area contributed by atoms with E-state index < -0.39 is 11.5 Å². The molecule has 1 amide bonds. The summed E-state index contributed by atoms with van der Waals surface area (Å²) in [5, 5.41) is 14.1. The third-order valence-corrected chi connectivity index (χ3v) is 2.51. The van der Waals surface area contributed by atoms with Gasteiger partial charge in [0.05, 0.1) is 5.57 Å². The Balaban J connectivity index is 2.47. The maximum absolute atomic E-state index is 11.3. The summed E-state index contributed by atoms with van der Waals surface area (Å²) < 4.78 is 0. The first-order valence-electron chi connectivity index (χ1n) is 4.79. The van der Waals surface area contributed by atoms with E-state index in [0.717, 1.165) is 0 Å². The summed E-state index contributed by atoms with van der Waals surface area (Å²) >= 11 is 0. The molecule has 0 aromatic carbocycles. The molecule has 88 valence electrons. The summed E-state index contributed by atoms with van der Waals surface area (Å²) in [5.41, 5.74) is -1.80. The molecule has 0 spiro atoms. The van der Waals surface area contributed by atoms with Crippen molar-refractivity contribution in [1.82, 2.24) is 10.6 Å². The van der Waals surface area contributed by atoms with Gasteiger partial charge in [0, 0.05) is 0 Å². The Labute approximate surface area is 95.9 Å². The molecule has 17 heavy (non-hydrogen) atoms. The Bertz CT molecular complexity index is 492. The Kier molecular flexibility index (Phi) is 2.51. The van der Waals surface area contributed by atoms with Crippen LogP contribution in [0.25, 0.3) is 0 Å². The highest BCUT2D eigenvalue weighted by Crippen LogP contribution is 2.21. The van der Waals surface area contributed by atoms with Crippen LogP contribution < -0.4 is 10.6 Å². The van der Waals surface area contributed by atoms with Gasteiger partial charge in [-0.15, -0.1) is 0 Å². The SMILES string of the molecule is O=CC1(C2=NCC(=O)N2)NC=CC=C1C(=O)O. The fourth-order valence-electron chi connectivity index (χ4n) is 1.71. The van der Waals surface area contributed by atoms with Crippen LogP contribution >= 0.6 is 0 Å². The van der Waals surface area contributed by atoms with Gasteiger partial charge in [-0.25, -0.2) is 4.79 Å². The highest BCUT2D eigenvalue weighted by atomic mass is 16.4. The second-order valence-electron chi connectivity index (χ2n) is 3.53. The molecule has 3 N–H and O–H groups in total. The third kappa shape index (κ3) is 1.61. The molecule has 2 rings (SSSR count). The minimum absolute atomic E-state index is 0.00972. The number of carboxylic acids is 1. The zero-order valence-electron chi connectivity index (χ0n) is 8.64. The number of aliphatic carboxylic acids is 1. The molecule has 1 unspecified atom stereocenters. The van der Waals surface area contributed by atoms with Gasteiger partial charge in [-0.3, -0.25) is 14.6 Å². The van der Waals surface area contributed by atoms with Crippen molar-refractivity contribution in [2.24, 2.45) is 4.99 Å². The van der Waals surface area contributed by atoms with Gasteiger partial charge in [-0.2, -0.15) is 0 Å². The van der Waals surface area contributed by atoms with Crippen molar-refractivity contribution in [1.29, 1.82) is 0 Å². The van der Waals surface area contributed by atoms with Crippen molar-refractivity contribution < 1.29 is 19.5 Å². The van der Waals surface area contributed by atoms with Gasteiger partial charge in [0.1, 0.15) is 12.4 Å². The molecule has 0 aromatic rings. The van der Waals surface area contributed by atoms with E-state index in [-0.39, 0.29) is 23.9 Å². The largest absolute Gasteiger partial charge is 0.478 e. The lowest BCUT2D eigenvalue weighted by molar-refractivity contribution is -0.134. The van der Waals surface area contributed by atoms with Gasteiger partial charge in [0.25, 0.3) is 0 Å². The van der Waals surface area contributed by atoms with E-state index in [2.05, 4.69) is 15.6 Å². The third-order valence-electron chi connectivity index (χ3n) is 2.51. The first kappa shape index (κ1) is 11.1. The molecule has 2 heterocycles. The number of rotatable bonds is 3. The molecule has 0 saturated carbocycles. The molecule has 2 aliphatic heterocycles. The van der Waals surface area contributed by atoms with E-state index in [0.29, 0.717) is 6.29 Å². The predicted octanol–water partition coefficient (Wildman–Crippen LogP) is -1.42. The van der Waals surface area contributed by atoms with Crippen LogP contribution in [0.5, 0.6) is 0 Å². The zero-order chi connectivity index (χ0) is 12.5. The van der Waals surface area contributed by atoms with Crippen LogP contribution in [0.15, 0.2) is 28.9 Å². The maximum Gasteiger partial charge on any atom is 0.334 e. The molecule has 0 saturated heterocycles. The van der Waals surface area contributed by atoms with Crippen LogP contribution in [0, 0.1) is 0 Å². The maximum atomic E-state index is 11.3. The number of amides is 1. The molecule has 0 fully saturated rings. The minimum Gasteiger partial charge on any atom is -0.478 e. The van der Waals surface area contributed by atoms with Crippen LogP contribution in [0.1, 0.15) is 0 Å². The number of dihydropyridines is 1. The lowest BCUT2D eigenvalue weighted by Crippen LogP contribution is -2.59. The van der Waals surface area contributed by atoms with E-state index in [1.807, 2.05) is 0 Å². The van der Waals surface area contributed by atoms with Crippen LogP contribution in [-0.2, 0) is 14.4 Å². The second-order valence-corrected chi connectivity index (χ2v) is 3.53. The van der Waals surface area contributed by atoms with Crippen LogP contribution in [0.3, 0.4) is 0 Å². The average Bonchev–Trinajstić information content (AvgIpc) is 2.76. The van der Waals surface area contributed by atoms with Crippen molar-refractivity contribution in [2.75, 3.05) is 6.54 Å². The Morgan fingerprint density at radius 1 is 1.59 bits per heavy atom. The Hall–Kier alpha value is -2.44. The van der Waals surface area contributed by atoms with E-state index >= 15 is 0 Å². The van der Waals surface area contributed by atoms with Crippen molar-refractivity contribution in [2.45, 2.75) is 5.54 Å². The topological polar surface area (TPSA) is 108 Å². The molecule has 2 aliphatic rings. The summed E-state index contributed by atoms with van der Waals surface area (Å²) in [6.45, 7) is -0.108. The van der Waals surface area contributed by atoms with E-state index in [9.17, 15) is 14.4 Å². The zero-order valence-corrected chi connectivity index (χ0v) is 8.64. The van der Waals surface area contributed by atoms with Crippen LogP contribution in [0.2, 0.25) is 0 Å². The number of hydrogen-bond acceptors (Lipinski definition) is 5. The van der Waals surface area contributed by atoms with Gasteiger partial charge in [0.15, 0.2) is 11.8 Å². The van der Waals surface area contributed by atoms with E-state index in [1.165, 1.54) is 18.4 Å². The minimum atomic E-state index is -1.62. The highest BCUT2D eigenvalue weighted by molar-refractivity contribution is 6.21. The first-order chi connectivity index (χ1) is 8.10. The van der Waals surface area contributed by atoms with Crippen molar-refractivity contribution in [3.05, 3.63) is 23.9 Å². The number of aliphatic imine (C=N–C) groups is 1. The standard InChI is InChI=1S/C10H9N3O4/c14-5-10(9-11-4-7(15)13-9)6(8(16)17)2-1-3-12-10/h1-3,5,12H,4H2,(H,16,17)(H,11,13,15). The predicted molar refractivity (Wildman–Crippen MR) is 57.2 cm³/mol. The van der Waals surface area contributed by atoms with Crippen molar-refractivity contribution >= 4 is 24.0 Å². The van der Waals surface area contributed by atoms with Crippen LogP contribution in [-0.4, -0.2) is 41.2 Å². The molecule has 0 aliphatic carbocycles. The van der Waals surface area contributed by atoms with Gasteiger partial charge >= 0.3 is 5.97 Å². The molecular weight excluding hydrogens is 226 g/mol.